The van der Waals surface area contributed by atoms with E-state index in [9.17, 15) is 0 Å². The van der Waals surface area contributed by atoms with E-state index in [1.807, 2.05) is 12.1 Å². The van der Waals surface area contributed by atoms with Gasteiger partial charge in [0.1, 0.15) is 4.99 Å². The molecule has 106 valence electrons. The van der Waals surface area contributed by atoms with Crippen molar-refractivity contribution in [3.05, 3.63) is 29.8 Å². The highest BCUT2D eigenvalue weighted by atomic mass is 32.1. The van der Waals surface area contributed by atoms with Gasteiger partial charge in [-0.25, -0.2) is 0 Å². The van der Waals surface area contributed by atoms with Crippen LogP contribution in [0.15, 0.2) is 24.3 Å². The van der Waals surface area contributed by atoms with Crippen LogP contribution in [0.5, 0.6) is 0 Å². The summed E-state index contributed by atoms with van der Waals surface area (Å²) < 4.78 is 5.21. The van der Waals surface area contributed by atoms with Gasteiger partial charge < -0.3 is 15.4 Å². The average molecular weight is 280 g/mol. The van der Waals surface area contributed by atoms with Crippen LogP contribution in [0.4, 0.5) is 5.69 Å². The SMILES string of the molecule is CCC(CC)N(CCOC)c1ccc(C(N)=S)cc1. The second-order valence-electron chi connectivity index (χ2n) is 4.57. The fourth-order valence-corrected chi connectivity index (χ4v) is 2.39. The van der Waals surface area contributed by atoms with Crippen LogP contribution < -0.4 is 10.6 Å². The third-order valence-electron chi connectivity index (χ3n) is 3.40. The van der Waals surface area contributed by atoms with Gasteiger partial charge in [-0.3, -0.25) is 0 Å². The molecule has 0 unspecified atom stereocenters. The zero-order chi connectivity index (χ0) is 14.3. The average Bonchev–Trinajstić information content (AvgIpc) is 2.43. The molecular formula is C15H24N2OS. The van der Waals surface area contributed by atoms with E-state index in [2.05, 4.69) is 30.9 Å². The van der Waals surface area contributed by atoms with Crippen molar-refractivity contribution in [3.63, 3.8) is 0 Å². The zero-order valence-corrected chi connectivity index (χ0v) is 12.9. The minimum absolute atomic E-state index is 0.442. The molecule has 0 atom stereocenters. The molecule has 1 aromatic carbocycles. The van der Waals surface area contributed by atoms with E-state index in [1.54, 1.807) is 7.11 Å². The number of anilines is 1. The summed E-state index contributed by atoms with van der Waals surface area (Å²) in [5, 5.41) is 0. The molecule has 0 saturated heterocycles. The topological polar surface area (TPSA) is 38.5 Å². The second-order valence-corrected chi connectivity index (χ2v) is 5.01. The lowest BCUT2D eigenvalue weighted by Crippen LogP contribution is -2.37. The summed E-state index contributed by atoms with van der Waals surface area (Å²) in [6, 6.07) is 8.68. The van der Waals surface area contributed by atoms with Gasteiger partial charge in [-0.05, 0) is 37.1 Å². The number of ether oxygens (including phenoxy) is 1. The van der Waals surface area contributed by atoms with Crippen molar-refractivity contribution in [2.75, 3.05) is 25.2 Å². The van der Waals surface area contributed by atoms with Gasteiger partial charge in [0.2, 0.25) is 0 Å². The Morgan fingerprint density at radius 3 is 2.26 bits per heavy atom. The van der Waals surface area contributed by atoms with Gasteiger partial charge in [-0.2, -0.15) is 0 Å². The summed E-state index contributed by atoms with van der Waals surface area (Å²) in [6.07, 6.45) is 2.24. The second kappa shape index (κ2) is 8.12. The molecule has 2 N–H and O–H groups in total. The molecule has 0 bridgehead atoms. The Bertz CT molecular complexity index is 388. The van der Waals surface area contributed by atoms with Crippen molar-refractivity contribution in [3.8, 4) is 0 Å². The van der Waals surface area contributed by atoms with Crippen LogP contribution in [0, 0.1) is 0 Å². The van der Waals surface area contributed by atoms with Crippen molar-refractivity contribution >= 4 is 22.9 Å². The summed E-state index contributed by atoms with van der Waals surface area (Å²) in [7, 11) is 1.74. The molecule has 0 saturated carbocycles. The van der Waals surface area contributed by atoms with Gasteiger partial charge in [0, 0.05) is 30.9 Å². The summed E-state index contributed by atoms with van der Waals surface area (Å²) in [6.45, 7) is 6.07. The maximum atomic E-state index is 5.63. The van der Waals surface area contributed by atoms with E-state index in [4.69, 9.17) is 22.7 Å². The minimum atomic E-state index is 0.442. The van der Waals surface area contributed by atoms with Crippen LogP contribution in [0.2, 0.25) is 0 Å². The fourth-order valence-electron chi connectivity index (χ4n) is 2.26. The minimum Gasteiger partial charge on any atom is -0.389 e. The van der Waals surface area contributed by atoms with Gasteiger partial charge in [0.25, 0.3) is 0 Å². The molecule has 0 spiro atoms. The molecule has 0 aliphatic heterocycles. The Morgan fingerprint density at radius 1 is 1.26 bits per heavy atom. The lowest BCUT2D eigenvalue weighted by Gasteiger charge is -2.32. The number of benzene rings is 1. The number of hydrogen-bond acceptors (Lipinski definition) is 3. The predicted octanol–water partition coefficient (Wildman–Crippen LogP) is 2.96. The van der Waals surface area contributed by atoms with E-state index in [0.717, 1.165) is 31.6 Å². The number of rotatable bonds is 8. The van der Waals surface area contributed by atoms with Gasteiger partial charge >= 0.3 is 0 Å². The van der Waals surface area contributed by atoms with E-state index in [-0.39, 0.29) is 0 Å². The Morgan fingerprint density at radius 2 is 1.84 bits per heavy atom. The Hall–Kier alpha value is -1.13. The van der Waals surface area contributed by atoms with Crippen molar-refractivity contribution in [2.24, 2.45) is 5.73 Å². The number of nitrogens with zero attached hydrogens (tertiary/aromatic N) is 1. The molecule has 0 amide bonds. The van der Waals surface area contributed by atoms with Crippen LogP contribution in [0.1, 0.15) is 32.3 Å². The first-order valence-electron chi connectivity index (χ1n) is 6.79. The van der Waals surface area contributed by atoms with Crippen molar-refractivity contribution in [2.45, 2.75) is 32.7 Å². The first kappa shape index (κ1) is 15.9. The van der Waals surface area contributed by atoms with Crippen LogP contribution in [-0.2, 0) is 4.74 Å². The predicted molar refractivity (Wildman–Crippen MR) is 85.9 cm³/mol. The standard InChI is InChI=1S/C15H24N2OS/c1-4-13(5-2)17(10-11-18-3)14-8-6-12(7-9-14)15(16)19/h6-9,13H,4-5,10-11H2,1-3H3,(H2,16,19). The molecule has 0 aliphatic carbocycles. The maximum Gasteiger partial charge on any atom is 0.103 e. The van der Waals surface area contributed by atoms with E-state index in [0.29, 0.717) is 11.0 Å². The molecule has 1 aromatic rings. The van der Waals surface area contributed by atoms with E-state index >= 15 is 0 Å². The molecule has 0 heterocycles. The van der Waals surface area contributed by atoms with Crippen molar-refractivity contribution < 1.29 is 4.74 Å². The lowest BCUT2D eigenvalue weighted by atomic mass is 10.1. The quantitative estimate of drug-likeness (QED) is 0.743. The molecule has 0 aromatic heterocycles. The number of nitrogens with two attached hydrogens (primary N) is 1. The third kappa shape index (κ3) is 4.48. The Kier molecular flexibility index (Phi) is 6.81. The first-order chi connectivity index (χ1) is 9.13. The molecule has 19 heavy (non-hydrogen) atoms. The molecule has 3 nitrogen and oxygen atoms in total. The smallest absolute Gasteiger partial charge is 0.103 e. The number of thiocarbonyl (C=S) groups is 1. The molecular weight excluding hydrogens is 256 g/mol. The summed E-state index contributed by atoms with van der Waals surface area (Å²) in [4.78, 5) is 2.84. The van der Waals surface area contributed by atoms with Gasteiger partial charge in [-0.15, -0.1) is 0 Å². The summed E-state index contributed by atoms with van der Waals surface area (Å²) >= 11 is 4.98. The van der Waals surface area contributed by atoms with E-state index in [1.165, 1.54) is 5.69 Å². The number of hydrogen-bond donors (Lipinski definition) is 1. The highest BCUT2D eigenvalue weighted by Gasteiger charge is 2.15. The van der Waals surface area contributed by atoms with Crippen molar-refractivity contribution in [1.82, 2.24) is 0 Å². The Labute approximate surface area is 121 Å². The third-order valence-corrected chi connectivity index (χ3v) is 3.64. The Balaban J connectivity index is 2.92. The van der Waals surface area contributed by atoms with Crippen LogP contribution in [0.3, 0.4) is 0 Å². The highest BCUT2D eigenvalue weighted by molar-refractivity contribution is 7.80. The fraction of sp³-hybridized carbons (Fsp3) is 0.533. The lowest BCUT2D eigenvalue weighted by molar-refractivity contribution is 0.202. The molecule has 4 heteroatoms. The monoisotopic (exact) mass is 280 g/mol. The van der Waals surface area contributed by atoms with Crippen LogP contribution in [-0.4, -0.2) is 31.3 Å². The van der Waals surface area contributed by atoms with Gasteiger partial charge in [0.15, 0.2) is 0 Å². The molecule has 0 fully saturated rings. The summed E-state index contributed by atoms with van der Waals surface area (Å²) in [5.41, 5.74) is 7.74. The summed E-state index contributed by atoms with van der Waals surface area (Å²) in [5.74, 6) is 0. The molecule has 0 radical (unpaired) electrons. The van der Waals surface area contributed by atoms with Crippen LogP contribution >= 0.6 is 12.2 Å². The van der Waals surface area contributed by atoms with Gasteiger partial charge in [-0.1, -0.05) is 26.1 Å². The highest BCUT2D eigenvalue weighted by Crippen LogP contribution is 2.21. The van der Waals surface area contributed by atoms with Crippen molar-refractivity contribution in [1.29, 1.82) is 0 Å². The van der Waals surface area contributed by atoms with E-state index < -0.39 is 0 Å². The maximum absolute atomic E-state index is 5.63. The number of methoxy groups -OCH3 is 1. The van der Waals surface area contributed by atoms with Crippen LogP contribution in [0.25, 0.3) is 0 Å². The van der Waals surface area contributed by atoms with Gasteiger partial charge in [0.05, 0.1) is 6.61 Å². The normalized spacial score (nSPS) is 10.7. The largest absolute Gasteiger partial charge is 0.389 e. The molecule has 0 aliphatic rings. The first-order valence-corrected chi connectivity index (χ1v) is 7.20. The molecule has 1 rings (SSSR count). The zero-order valence-electron chi connectivity index (χ0n) is 12.1.